The van der Waals surface area contributed by atoms with Crippen molar-refractivity contribution in [2.45, 2.75) is 70.1 Å². The number of rotatable bonds is 3. The summed E-state index contributed by atoms with van der Waals surface area (Å²) < 4.78 is 5.34. The molecule has 1 atom stereocenters. The molecule has 0 aliphatic heterocycles. The number of carbonyl (C=O) groups is 1. The van der Waals surface area contributed by atoms with E-state index in [4.69, 9.17) is 4.52 Å². The van der Waals surface area contributed by atoms with Crippen LogP contribution in [0.4, 0.5) is 0 Å². The molecule has 0 amide bonds. The van der Waals surface area contributed by atoms with E-state index in [1.807, 2.05) is 0 Å². The van der Waals surface area contributed by atoms with Gasteiger partial charge in [0.05, 0.1) is 5.92 Å². The maximum Gasteiger partial charge on any atom is 0.237 e. The average molecular weight is 262 g/mol. The summed E-state index contributed by atoms with van der Waals surface area (Å²) in [5, 5.41) is 4.13. The van der Waals surface area contributed by atoms with Gasteiger partial charge in [-0.05, 0) is 44.4 Å². The minimum atomic E-state index is -0.117. The normalized spacial score (nSPS) is 31.8. The van der Waals surface area contributed by atoms with Gasteiger partial charge in [0.1, 0.15) is 5.78 Å². The molecular weight excluding hydrogens is 240 g/mol. The highest BCUT2D eigenvalue weighted by Gasteiger charge is 2.32. The number of aromatic nitrogens is 2. The van der Waals surface area contributed by atoms with E-state index in [9.17, 15) is 4.79 Å². The summed E-state index contributed by atoms with van der Waals surface area (Å²) in [6, 6.07) is 0. The van der Waals surface area contributed by atoms with E-state index in [0.717, 1.165) is 37.4 Å². The van der Waals surface area contributed by atoms with Gasteiger partial charge in [0, 0.05) is 12.3 Å². The molecule has 104 valence electrons. The smallest absolute Gasteiger partial charge is 0.237 e. The van der Waals surface area contributed by atoms with Gasteiger partial charge in [-0.2, -0.15) is 4.98 Å². The largest absolute Gasteiger partial charge is 0.339 e. The van der Waals surface area contributed by atoms with Gasteiger partial charge in [-0.25, -0.2) is 0 Å². The molecule has 0 spiro atoms. The molecule has 1 heterocycles. The third kappa shape index (κ3) is 2.58. The van der Waals surface area contributed by atoms with Crippen LogP contribution >= 0.6 is 0 Å². The summed E-state index contributed by atoms with van der Waals surface area (Å²) in [5.41, 5.74) is 0. The fourth-order valence-corrected chi connectivity index (χ4v) is 3.46. The summed E-state index contributed by atoms with van der Waals surface area (Å²) >= 11 is 0. The minimum Gasteiger partial charge on any atom is -0.339 e. The van der Waals surface area contributed by atoms with E-state index in [0.29, 0.717) is 18.2 Å². The molecule has 0 saturated heterocycles. The molecule has 2 fully saturated rings. The summed E-state index contributed by atoms with van der Waals surface area (Å²) in [5.74, 6) is 2.87. The van der Waals surface area contributed by atoms with Crippen molar-refractivity contribution in [3.8, 4) is 0 Å². The molecule has 0 bridgehead atoms. The second kappa shape index (κ2) is 5.43. The van der Waals surface area contributed by atoms with Crippen LogP contribution in [0.1, 0.15) is 81.8 Å². The summed E-state index contributed by atoms with van der Waals surface area (Å²) in [7, 11) is 0. The van der Waals surface area contributed by atoms with Gasteiger partial charge in [0.2, 0.25) is 5.89 Å². The van der Waals surface area contributed by atoms with E-state index in [2.05, 4.69) is 17.1 Å². The van der Waals surface area contributed by atoms with Crippen molar-refractivity contribution in [1.29, 1.82) is 0 Å². The molecule has 1 unspecified atom stereocenters. The minimum absolute atomic E-state index is 0.117. The monoisotopic (exact) mass is 262 g/mol. The Morgan fingerprint density at radius 3 is 2.63 bits per heavy atom. The second-order valence-electron chi connectivity index (χ2n) is 6.03. The van der Waals surface area contributed by atoms with Crippen molar-refractivity contribution in [2.75, 3.05) is 0 Å². The van der Waals surface area contributed by atoms with Crippen LogP contribution in [0.3, 0.4) is 0 Å². The Morgan fingerprint density at radius 1 is 1.21 bits per heavy atom. The van der Waals surface area contributed by atoms with E-state index in [1.165, 1.54) is 19.3 Å². The summed E-state index contributed by atoms with van der Waals surface area (Å²) in [6.45, 7) is 2.27. The maximum absolute atomic E-state index is 11.7. The molecule has 19 heavy (non-hydrogen) atoms. The quantitative estimate of drug-likeness (QED) is 0.835. The molecular formula is C15H22N2O2. The van der Waals surface area contributed by atoms with Crippen molar-refractivity contribution in [2.24, 2.45) is 5.92 Å². The lowest BCUT2D eigenvalue weighted by Gasteiger charge is -2.25. The fourth-order valence-electron chi connectivity index (χ4n) is 3.46. The molecule has 2 aliphatic carbocycles. The number of carbonyl (C=O) groups excluding carboxylic acids is 1. The number of nitrogens with zero attached hydrogens (tertiary/aromatic N) is 2. The van der Waals surface area contributed by atoms with Crippen LogP contribution in [-0.2, 0) is 4.79 Å². The van der Waals surface area contributed by atoms with Gasteiger partial charge in [0.15, 0.2) is 5.82 Å². The third-order valence-electron chi connectivity index (χ3n) is 4.85. The van der Waals surface area contributed by atoms with Crippen LogP contribution < -0.4 is 0 Å². The lowest BCUT2D eigenvalue weighted by Crippen LogP contribution is -2.14. The van der Waals surface area contributed by atoms with Crippen LogP contribution in [-0.4, -0.2) is 15.9 Å². The van der Waals surface area contributed by atoms with Crippen LogP contribution in [0.5, 0.6) is 0 Å². The van der Waals surface area contributed by atoms with Gasteiger partial charge in [-0.3, -0.25) is 4.79 Å². The number of hydrogen-bond donors (Lipinski definition) is 0. The zero-order chi connectivity index (χ0) is 13.2. The Bertz CT molecular complexity index is 447. The topological polar surface area (TPSA) is 56.0 Å². The Labute approximate surface area is 114 Å². The van der Waals surface area contributed by atoms with Crippen LogP contribution in [0.2, 0.25) is 0 Å². The van der Waals surface area contributed by atoms with Gasteiger partial charge >= 0.3 is 0 Å². The molecule has 1 aromatic rings. The van der Waals surface area contributed by atoms with E-state index >= 15 is 0 Å². The first-order valence-electron chi connectivity index (χ1n) is 7.64. The van der Waals surface area contributed by atoms with Crippen molar-refractivity contribution >= 4 is 5.78 Å². The first kappa shape index (κ1) is 12.8. The number of ketones is 1. The van der Waals surface area contributed by atoms with Crippen molar-refractivity contribution < 1.29 is 9.32 Å². The average Bonchev–Trinajstić information content (AvgIpc) is 3.07. The summed E-state index contributed by atoms with van der Waals surface area (Å²) in [4.78, 5) is 16.2. The Kier molecular flexibility index (Phi) is 3.67. The van der Waals surface area contributed by atoms with E-state index in [-0.39, 0.29) is 11.7 Å². The van der Waals surface area contributed by atoms with Gasteiger partial charge in [-0.1, -0.05) is 18.5 Å². The predicted molar refractivity (Wildman–Crippen MR) is 70.9 cm³/mol. The first-order valence-corrected chi connectivity index (χ1v) is 7.64. The Morgan fingerprint density at radius 2 is 2.00 bits per heavy atom. The standard InChI is InChI=1S/C15H22N2O2/c1-2-10-6-8-11(9-7-10)14-16-15(19-17-14)12-4-3-5-13(12)18/h10-12H,2-9H2,1H3. The van der Waals surface area contributed by atoms with Gasteiger partial charge in [-0.15, -0.1) is 0 Å². The van der Waals surface area contributed by atoms with E-state index < -0.39 is 0 Å². The highest BCUT2D eigenvalue weighted by atomic mass is 16.5. The van der Waals surface area contributed by atoms with Crippen LogP contribution in [0.15, 0.2) is 4.52 Å². The second-order valence-corrected chi connectivity index (χ2v) is 6.03. The lowest BCUT2D eigenvalue weighted by atomic mass is 9.80. The zero-order valence-corrected chi connectivity index (χ0v) is 11.6. The predicted octanol–water partition coefficient (Wildman–Crippen LogP) is 3.59. The molecule has 0 radical (unpaired) electrons. The highest BCUT2D eigenvalue weighted by molar-refractivity contribution is 5.86. The molecule has 3 rings (SSSR count). The maximum atomic E-state index is 11.7. The Hall–Kier alpha value is -1.19. The van der Waals surface area contributed by atoms with E-state index in [1.54, 1.807) is 0 Å². The van der Waals surface area contributed by atoms with Crippen molar-refractivity contribution in [3.63, 3.8) is 0 Å². The number of hydrogen-bond acceptors (Lipinski definition) is 4. The van der Waals surface area contributed by atoms with Crippen LogP contribution in [0.25, 0.3) is 0 Å². The van der Waals surface area contributed by atoms with Gasteiger partial charge < -0.3 is 4.52 Å². The molecule has 4 nitrogen and oxygen atoms in total. The van der Waals surface area contributed by atoms with Crippen molar-refractivity contribution in [3.05, 3.63) is 11.7 Å². The lowest BCUT2D eigenvalue weighted by molar-refractivity contribution is -0.119. The fraction of sp³-hybridized carbons (Fsp3) is 0.800. The highest BCUT2D eigenvalue weighted by Crippen LogP contribution is 2.37. The molecule has 4 heteroatoms. The summed E-state index contributed by atoms with van der Waals surface area (Å²) in [6.07, 6.45) is 8.66. The SMILES string of the molecule is CCC1CCC(c2noc(C3CCCC3=O)n2)CC1. The molecule has 0 N–H and O–H groups in total. The van der Waals surface area contributed by atoms with Crippen LogP contribution in [0, 0.1) is 5.92 Å². The zero-order valence-electron chi connectivity index (χ0n) is 11.6. The third-order valence-corrected chi connectivity index (χ3v) is 4.85. The van der Waals surface area contributed by atoms with Crippen molar-refractivity contribution in [1.82, 2.24) is 10.1 Å². The molecule has 2 aliphatic rings. The Balaban J connectivity index is 1.66. The molecule has 1 aromatic heterocycles. The molecule has 2 saturated carbocycles. The van der Waals surface area contributed by atoms with Gasteiger partial charge in [0.25, 0.3) is 0 Å². The molecule has 0 aromatic carbocycles. The first-order chi connectivity index (χ1) is 9.28. The number of Topliss-reactive ketones (excluding diaryl/α,β-unsaturated/α-hetero) is 1.